The molecule has 0 N–H and O–H groups in total. The molecule has 0 aliphatic heterocycles. The van der Waals surface area contributed by atoms with Gasteiger partial charge in [0.1, 0.15) is 0 Å². The van der Waals surface area contributed by atoms with Gasteiger partial charge < -0.3 is 26.3 Å². The molecule has 7 heteroatoms. The van der Waals surface area contributed by atoms with Crippen LogP contribution < -0.4 is 0 Å². The van der Waals surface area contributed by atoms with E-state index in [1.807, 2.05) is 54.6 Å². The van der Waals surface area contributed by atoms with Crippen molar-refractivity contribution in [3.8, 4) is 0 Å². The van der Waals surface area contributed by atoms with E-state index in [2.05, 4.69) is 30.4 Å². The van der Waals surface area contributed by atoms with E-state index in [9.17, 15) is 26.3 Å². The predicted octanol–water partition coefficient (Wildman–Crippen LogP) is 6.78. The van der Waals surface area contributed by atoms with Crippen LogP contribution in [0, 0.1) is 31.6 Å². The number of benzene rings is 1. The van der Waals surface area contributed by atoms with E-state index in [0.717, 1.165) is 12.8 Å². The number of allylic oxidation sites excluding steroid dienone is 8. The third-order valence-electron chi connectivity index (χ3n) is 1.78. The summed E-state index contributed by atoms with van der Waals surface area (Å²) in [6.45, 7) is -6.17. The molecule has 0 saturated carbocycles. The fraction of sp³-hybridized carbons (Fsp3) is 0.111. The molecule has 25 heavy (non-hydrogen) atoms. The van der Waals surface area contributed by atoms with Crippen LogP contribution in [0.1, 0.15) is 12.8 Å². The van der Waals surface area contributed by atoms with Gasteiger partial charge in [-0.2, -0.15) is 48.6 Å². The summed E-state index contributed by atoms with van der Waals surface area (Å²) >= 11 is 0. The van der Waals surface area contributed by atoms with Crippen molar-refractivity contribution in [2.24, 2.45) is 0 Å². The first kappa shape index (κ1) is 28.3. The van der Waals surface area contributed by atoms with Gasteiger partial charge in [0.15, 0.2) is 13.4 Å². The smallest absolute Gasteiger partial charge is 0.154 e. The van der Waals surface area contributed by atoms with Crippen LogP contribution in [0.3, 0.4) is 0 Å². The minimum absolute atomic E-state index is 0. The molecule has 0 nitrogen and oxygen atoms in total. The molecule has 0 atom stereocenters. The molecular formula is C18H15F6Ti-5. The standard InChI is InChI=1S/C6H5.2C5H5.2CF3.Ti/c1-2-4-6-5-3-1;2*1-2-4-5-3-1;2*2-1(3)4;/h1-5H;2*1-3H,4H2;;;/q5*-1;. The van der Waals surface area contributed by atoms with Gasteiger partial charge in [0, 0.05) is 21.7 Å². The summed E-state index contributed by atoms with van der Waals surface area (Å²) in [6.07, 6.45) is 20.0. The molecule has 3 rings (SSSR count). The van der Waals surface area contributed by atoms with Crippen LogP contribution in [0.4, 0.5) is 26.3 Å². The maximum absolute atomic E-state index is 9.58. The van der Waals surface area contributed by atoms with Crippen LogP contribution >= 0.6 is 0 Å². The van der Waals surface area contributed by atoms with E-state index in [-0.39, 0.29) is 21.7 Å². The topological polar surface area (TPSA) is 0 Å². The van der Waals surface area contributed by atoms with E-state index in [0.29, 0.717) is 0 Å². The molecule has 138 valence electrons. The fourth-order valence-electron chi connectivity index (χ4n) is 1.02. The van der Waals surface area contributed by atoms with Crippen molar-refractivity contribution >= 4 is 0 Å². The normalized spacial score (nSPS) is 11.8. The Balaban J connectivity index is -0.000000242. The molecule has 0 amide bonds. The molecule has 0 heterocycles. The Labute approximate surface area is 159 Å². The summed E-state index contributed by atoms with van der Waals surface area (Å²) in [6, 6.07) is 12.5. The summed E-state index contributed by atoms with van der Waals surface area (Å²) in [5, 5.41) is 0. The molecule has 0 spiro atoms. The third-order valence-corrected chi connectivity index (χ3v) is 1.78. The van der Waals surface area contributed by atoms with Crippen molar-refractivity contribution < 1.29 is 48.1 Å². The van der Waals surface area contributed by atoms with Gasteiger partial charge in [-0.15, -0.1) is 12.8 Å². The molecule has 0 saturated heterocycles. The van der Waals surface area contributed by atoms with Crippen LogP contribution in [0.15, 0.2) is 66.8 Å². The predicted molar refractivity (Wildman–Crippen MR) is 81.6 cm³/mol. The summed E-state index contributed by atoms with van der Waals surface area (Å²) in [7, 11) is 0. The number of hydrogen-bond donors (Lipinski definition) is 0. The second-order valence-corrected chi connectivity index (χ2v) is 3.51. The van der Waals surface area contributed by atoms with Gasteiger partial charge >= 0.3 is 0 Å². The summed E-state index contributed by atoms with van der Waals surface area (Å²) in [5.74, 6) is 0. The molecule has 0 aromatic heterocycles. The average molecular weight is 393 g/mol. The van der Waals surface area contributed by atoms with Gasteiger partial charge in [0.05, 0.1) is 0 Å². The van der Waals surface area contributed by atoms with Crippen molar-refractivity contribution in [3.63, 3.8) is 0 Å². The van der Waals surface area contributed by atoms with Crippen LogP contribution in [0.5, 0.6) is 0 Å². The maximum atomic E-state index is 9.58. The molecule has 1 aromatic rings. The molecule has 0 radical (unpaired) electrons. The first-order valence-corrected chi connectivity index (χ1v) is 6.48. The summed E-state index contributed by atoms with van der Waals surface area (Å²) in [5.41, 5.74) is 0. The summed E-state index contributed by atoms with van der Waals surface area (Å²) in [4.78, 5) is 0. The van der Waals surface area contributed by atoms with Crippen molar-refractivity contribution in [1.82, 2.24) is 0 Å². The van der Waals surface area contributed by atoms with Gasteiger partial charge in [-0.05, 0) is 0 Å². The zero-order valence-electron chi connectivity index (χ0n) is 13.0. The number of halogens is 6. The van der Waals surface area contributed by atoms with Gasteiger partial charge in [-0.1, -0.05) is 0 Å². The van der Waals surface area contributed by atoms with Crippen molar-refractivity contribution in [2.75, 3.05) is 0 Å². The van der Waals surface area contributed by atoms with E-state index < -0.39 is 13.4 Å². The summed E-state index contributed by atoms with van der Waals surface area (Å²) < 4.78 is 57.5. The van der Waals surface area contributed by atoms with E-state index in [1.165, 1.54) is 0 Å². The van der Waals surface area contributed by atoms with Gasteiger partial charge in [-0.25, -0.2) is 24.3 Å². The van der Waals surface area contributed by atoms with E-state index >= 15 is 0 Å². The molecule has 2 aliphatic carbocycles. The van der Waals surface area contributed by atoms with Gasteiger partial charge in [-0.3, -0.25) is 12.2 Å². The first-order valence-electron chi connectivity index (χ1n) is 6.48. The zero-order chi connectivity index (χ0) is 18.5. The Morgan fingerprint density at radius 2 is 1.00 bits per heavy atom. The Bertz CT molecular complexity index is 376. The third kappa shape index (κ3) is 45.0. The Hall–Kier alpha value is -1.53. The Kier molecular flexibility index (Phi) is 28.0. The molecule has 0 unspecified atom stereocenters. The van der Waals surface area contributed by atoms with Crippen LogP contribution in [0.25, 0.3) is 0 Å². The molecule has 0 bridgehead atoms. The van der Waals surface area contributed by atoms with Gasteiger partial charge in [0.25, 0.3) is 0 Å². The van der Waals surface area contributed by atoms with Crippen molar-refractivity contribution in [3.05, 3.63) is 98.4 Å². The monoisotopic (exact) mass is 393 g/mol. The SMILES string of the molecule is F[C-](F)F.F[C-](F)F.[C-]1=CC=CC1.[C-]1=CC=CC1.[Ti].[c-]1ccccc1. The molecule has 0 fully saturated rings. The molecule has 1 aromatic carbocycles. The quantitative estimate of drug-likeness (QED) is 0.259. The number of hydrogen-bond acceptors (Lipinski definition) is 0. The van der Waals surface area contributed by atoms with Crippen LogP contribution in [-0.2, 0) is 21.7 Å². The molecule has 2 aliphatic rings. The minimum atomic E-state index is -3.08. The second kappa shape index (κ2) is 24.7. The van der Waals surface area contributed by atoms with Crippen molar-refractivity contribution in [2.45, 2.75) is 12.8 Å². The first-order chi connectivity index (χ1) is 11.5. The fourth-order valence-corrected chi connectivity index (χ4v) is 1.02. The number of rotatable bonds is 0. The second-order valence-electron chi connectivity index (χ2n) is 3.51. The van der Waals surface area contributed by atoms with Crippen LogP contribution in [-0.4, -0.2) is 0 Å². The van der Waals surface area contributed by atoms with E-state index in [1.54, 1.807) is 0 Å². The zero-order valence-corrected chi connectivity index (χ0v) is 14.6. The minimum Gasteiger partial charge on any atom is -0.385 e. The Morgan fingerprint density at radius 1 is 0.640 bits per heavy atom. The van der Waals surface area contributed by atoms with Gasteiger partial charge in [0.2, 0.25) is 0 Å². The van der Waals surface area contributed by atoms with E-state index in [4.69, 9.17) is 0 Å². The maximum Gasteiger partial charge on any atom is 0.154 e. The average Bonchev–Trinajstić information content (AvgIpc) is 3.27. The van der Waals surface area contributed by atoms with Crippen LogP contribution in [0.2, 0.25) is 0 Å². The molecular weight excluding hydrogens is 378 g/mol. The van der Waals surface area contributed by atoms with Crippen molar-refractivity contribution in [1.29, 1.82) is 0 Å². The largest absolute Gasteiger partial charge is 0.385 e. The Morgan fingerprint density at radius 3 is 1.08 bits per heavy atom.